The molecule has 4 rings (SSSR count). The third-order valence-corrected chi connectivity index (χ3v) is 6.81. The number of halogens is 1. The fraction of sp³-hybridized carbons (Fsp3) is 0.421. The van der Waals surface area contributed by atoms with E-state index >= 15 is 4.39 Å². The SMILES string of the molecule is CC[C@@]1(F)O[C@@H](n2ccc(=O)[nH]c2=O)[C@@]2(CCS2)[C@@H]1OC(=O)c1ccccc1. The van der Waals surface area contributed by atoms with Crippen molar-refractivity contribution in [3.8, 4) is 0 Å². The zero-order valence-corrected chi connectivity index (χ0v) is 15.9. The number of aromatic amines is 1. The molecule has 0 bridgehead atoms. The Labute approximate surface area is 163 Å². The van der Waals surface area contributed by atoms with E-state index in [2.05, 4.69) is 4.98 Å². The van der Waals surface area contributed by atoms with E-state index in [1.54, 1.807) is 37.3 Å². The molecule has 2 fully saturated rings. The van der Waals surface area contributed by atoms with E-state index in [9.17, 15) is 14.4 Å². The highest BCUT2D eigenvalue weighted by Crippen LogP contribution is 2.61. The maximum Gasteiger partial charge on any atom is 0.338 e. The van der Waals surface area contributed by atoms with Gasteiger partial charge >= 0.3 is 11.7 Å². The summed E-state index contributed by atoms with van der Waals surface area (Å²) < 4.78 is 27.3. The smallest absolute Gasteiger partial charge is 0.338 e. The van der Waals surface area contributed by atoms with Gasteiger partial charge in [0.15, 0.2) is 12.3 Å². The third kappa shape index (κ3) is 2.89. The van der Waals surface area contributed by atoms with Crippen LogP contribution in [0.25, 0.3) is 0 Å². The second-order valence-electron chi connectivity index (χ2n) is 6.83. The van der Waals surface area contributed by atoms with Crippen LogP contribution in [0.2, 0.25) is 0 Å². The molecule has 28 heavy (non-hydrogen) atoms. The van der Waals surface area contributed by atoms with Crippen molar-refractivity contribution in [1.29, 1.82) is 0 Å². The number of nitrogens with one attached hydrogen (secondary N) is 1. The molecule has 0 amide bonds. The molecule has 0 saturated carbocycles. The Hall–Kier alpha value is -2.39. The molecule has 9 heteroatoms. The molecular weight excluding hydrogens is 387 g/mol. The number of rotatable bonds is 4. The molecule has 0 unspecified atom stereocenters. The van der Waals surface area contributed by atoms with Gasteiger partial charge in [0.25, 0.3) is 5.56 Å². The number of carbonyl (C=O) groups is 1. The van der Waals surface area contributed by atoms with Crippen molar-refractivity contribution < 1.29 is 18.7 Å². The lowest BCUT2D eigenvalue weighted by atomic mass is 9.91. The Morgan fingerprint density at radius 2 is 2.07 bits per heavy atom. The van der Waals surface area contributed by atoms with Crippen molar-refractivity contribution >= 4 is 17.7 Å². The molecule has 7 nitrogen and oxygen atoms in total. The van der Waals surface area contributed by atoms with Crippen molar-refractivity contribution in [3.63, 3.8) is 0 Å². The van der Waals surface area contributed by atoms with Crippen molar-refractivity contribution in [2.45, 2.75) is 42.7 Å². The van der Waals surface area contributed by atoms with Gasteiger partial charge in [-0.2, -0.15) is 0 Å². The van der Waals surface area contributed by atoms with E-state index in [1.807, 2.05) is 0 Å². The zero-order valence-electron chi connectivity index (χ0n) is 15.1. The van der Waals surface area contributed by atoms with E-state index in [-0.39, 0.29) is 6.42 Å². The molecule has 1 aromatic carbocycles. The van der Waals surface area contributed by atoms with Gasteiger partial charge in [-0.05, 0) is 24.3 Å². The summed E-state index contributed by atoms with van der Waals surface area (Å²) in [4.78, 5) is 38.5. The first-order valence-electron chi connectivity index (χ1n) is 8.98. The first-order chi connectivity index (χ1) is 13.4. The molecule has 4 atom stereocenters. The van der Waals surface area contributed by atoms with Crippen LogP contribution in [0.5, 0.6) is 0 Å². The summed E-state index contributed by atoms with van der Waals surface area (Å²) in [5.41, 5.74) is -0.938. The molecule has 3 heterocycles. The lowest BCUT2D eigenvalue weighted by Gasteiger charge is -2.44. The predicted octanol–water partition coefficient (Wildman–Crippen LogP) is 2.24. The number of carbonyl (C=O) groups excluding carboxylic acids is 1. The summed E-state index contributed by atoms with van der Waals surface area (Å²) in [5.74, 6) is -2.18. The van der Waals surface area contributed by atoms with Crippen molar-refractivity contribution in [3.05, 3.63) is 69.0 Å². The minimum atomic E-state index is -2.25. The van der Waals surface area contributed by atoms with Gasteiger partial charge < -0.3 is 9.47 Å². The number of alkyl halides is 1. The molecule has 1 spiro atoms. The molecule has 2 aromatic rings. The van der Waals surface area contributed by atoms with Gasteiger partial charge in [0.1, 0.15) is 4.75 Å². The van der Waals surface area contributed by atoms with Crippen LogP contribution in [0, 0.1) is 0 Å². The van der Waals surface area contributed by atoms with Gasteiger partial charge in [-0.3, -0.25) is 14.3 Å². The van der Waals surface area contributed by atoms with Crippen LogP contribution in [0.3, 0.4) is 0 Å². The first-order valence-corrected chi connectivity index (χ1v) is 9.96. The van der Waals surface area contributed by atoms with Gasteiger partial charge in [-0.1, -0.05) is 25.1 Å². The molecule has 2 aliphatic rings. The number of ether oxygens (including phenoxy) is 2. The van der Waals surface area contributed by atoms with E-state index in [4.69, 9.17) is 9.47 Å². The minimum Gasteiger partial charge on any atom is -0.451 e. The van der Waals surface area contributed by atoms with Crippen molar-refractivity contribution in [2.24, 2.45) is 0 Å². The van der Waals surface area contributed by atoms with Crippen LogP contribution in [-0.4, -0.2) is 38.0 Å². The van der Waals surface area contributed by atoms with Gasteiger partial charge in [-0.15, -0.1) is 11.8 Å². The van der Waals surface area contributed by atoms with Crippen molar-refractivity contribution in [1.82, 2.24) is 9.55 Å². The summed E-state index contributed by atoms with van der Waals surface area (Å²) in [7, 11) is 0. The Morgan fingerprint density at radius 1 is 1.36 bits per heavy atom. The summed E-state index contributed by atoms with van der Waals surface area (Å²) in [6.45, 7) is 1.60. The molecule has 2 saturated heterocycles. The van der Waals surface area contributed by atoms with Crippen molar-refractivity contribution in [2.75, 3.05) is 5.75 Å². The number of hydrogen-bond acceptors (Lipinski definition) is 6. The zero-order chi connectivity index (χ0) is 19.9. The van der Waals surface area contributed by atoms with E-state index in [0.717, 1.165) is 10.3 Å². The highest BCUT2D eigenvalue weighted by Gasteiger charge is 2.70. The van der Waals surface area contributed by atoms with Gasteiger partial charge in [0, 0.05) is 18.7 Å². The summed E-state index contributed by atoms with van der Waals surface area (Å²) >= 11 is 1.40. The number of aromatic nitrogens is 2. The fourth-order valence-electron chi connectivity index (χ4n) is 3.69. The minimum absolute atomic E-state index is 0.0589. The maximum atomic E-state index is 15.7. The van der Waals surface area contributed by atoms with E-state index in [0.29, 0.717) is 12.0 Å². The van der Waals surface area contributed by atoms with Gasteiger partial charge in [-0.25, -0.2) is 14.0 Å². The second-order valence-corrected chi connectivity index (χ2v) is 8.29. The van der Waals surface area contributed by atoms with Crippen LogP contribution in [-0.2, 0) is 9.47 Å². The highest BCUT2D eigenvalue weighted by molar-refractivity contribution is 8.02. The van der Waals surface area contributed by atoms with E-state index in [1.165, 1.54) is 24.0 Å². The molecule has 0 radical (unpaired) electrons. The predicted molar refractivity (Wildman–Crippen MR) is 101 cm³/mol. The fourth-order valence-corrected chi connectivity index (χ4v) is 5.05. The van der Waals surface area contributed by atoms with Crippen LogP contribution in [0.4, 0.5) is 4.39 Å². The molecule has 1 aromatic heterocycles. The van der Waals surface area contributed by atoms with Gasteiger partial charge in [0.05, 0.1) is 5.56 Å². The molecule has 0 aliphatic carbocycles. The summed E-state index contributed by atoms with van der Waals surface area (Å²) in [6, 6.07) is 9.52. The Kier molecular flexibility index (Phi) is 4.67. The third-order valence-electron chi connectivity index (χ3n) is 5.24. The number of nitrogens with zero attached hydrogens (tertiary/aromatic N) is 1. The molecule has 1 N–H and O–H groups in total. The van der Waals surface area contributed by atoms with Crippen LogP contribution in [0.1, 0.15) is 36.4 Å². The molecule has 148 valence electrons. The van der Waals surface area contributed by atoms with Gasteiger partial charge in [0.2, 0.25) is 5.85 Å². The Bertz CT molecular complexity index is 1000. The standard InChI is InChI=1S/C19H19FN2O5S/c1-2-19(20)15(26-14(24)12-6-4-3-5-7-12)18(9-11-28-18)16(27-19)22-10-8-13(23)21-17(22)25/h3-8,10,15-16H,2,9,11H2,1H3,(H,21,23,25)/t15-,16+,18+,19+/m0/s1. The number of H-pyrrole nitrogens is 1. The Balaban J connectivity index is 1.73. The number of esters is 1. The monoisotopic (exact) mass is 406 g/mol. The first kappa shape index (κ1) is 18.9. The second kappa shape index (κ2) is 6.89. The molecular formula is C19H19FN2O5S. The van der Waals surface area contributed by atoms with Crippen LogP contribution < -0.4 is 11.2 Å². The molecule has 2 aliphatic heterocycles. The lowest BCUT2D eigenvalue weighted by Crippen LogP contribution is -2.55. The average molecular weight is 406 g/mol. The number of benzene rings is 1. The quantitative estimate of drug-likeness (QED) is 0.784. The lowest BCUT2D eigenvalue weighted by molar-refractivity contribution is -0.189. The summed E-state index contributed by atoms with van der Waals surface area (Å²) in [5, 5.41) is 0. The normalized spacial score (nSPS) is 31.5. The number of thioether (sulfide) groups is 1. The highest BCUT2D eigenvalue weighted by atomic mass is 32.2. The maximum absolute atomic E-state index is 15.7. The van der Waals surface area contributed by atoms with E-state index < -0.39 is 40.2 Å². The Morgan fingerprint density at radius 3 is 2.64 bits per heavy atom. The van der Waals surface area contributed by atoms with Crippen LogP contribution in [0.15, 0.2) is 52.2 Å². The van der Waals surface area contributed by atoms with Crippen LogP contribution >= 0.6 is 11.8 Å². The number of hydrogen-bond donors (Lipinski definition) is 1. The average Bonchev–Trinajstić information content (AvgIpc) is 2.92. The largest absolute Gasteiger partial charge is 0.451 e. The summed E-state index contributed by atoms with van der Waals surface area (Å²) in [6.07, 6.45) is -0.471. The topological polar surface area (TPSA) is 90.4 Å².